The summed E-state index contributed by atoms with van der Waals surface area (Å²) in [4.78, 5) is 23.1. The van der Waals surface area contributed by atoms with Crippen LogP contribution in [0, 0.1) is 5.92 Å². The Morgan fingerprint density at radius 3 is 2.64 bits per heavy atom. The van der Waals surface area contributed by atoms with Crippen molar-refractivity contribution in [3.8, 4) is 0 Å². The summed E-state index contributed by atoms with van der Waals surface area (Å²) in [5.41, 5.74) is 1.19. The maximum Gasteiger partial charge on any atom is 0.227 e. The van der Waals surface area contributed by atoms with Crippen LogP contribution in [0.5, 0.6) is 0 Å². The van der Waals surface area contributed by atoms with E-state index in [4.69, 9.17) is 9.97 Å². The summed E-state index contributed by atoms with van der Waals surface area (Å²) in [5.74, 6) is 3.83. The molecule has 0 atom stereocenters. The van der Waals surface area contributed by atoms with Crippen molar-refractivity contribution in [2.24, 2.45) is 5.92 Å². The van der Waals surface area contributed by atoms with Crippen LogP contribution in [0.4, 0.5) is 23.4 Å². The number of pyridine rings is 2. The first-order valence-corrected chi connectivity index (χ1v) is 12.0. The molecular weight excluding hydrogens is 414 g/mol. The topological polar surface area (TPSA) is 90.3 Å². The van der Waals surface area contributed by atoms with Crippen molar-refractivity contribution in [2.75, 3.05) is 47.9 Å². The average Bonchev–Trinajstić information content (AvgIpc) is 2.79. The Bertz CT molecular complexity index is 1080. The number of nitrogens with one attached hydrogen (secondary N) is 1. The van der Waals surface area contributed by atoms with Gasteiger partial charge in [0.2, 0.25) is 5.95 Å². The maximum absolute atomic E-state index is 9.39. The summed E-state index contributed by atoms with van der Waals surface area (Å²) in [5, 5.41) is 15.0. The highest BCUT2D eigenvalue weighted by atomic mass is 16.3. The Morgan fingerprint density at radius 2 is 1.94 bits per heavy atom. The smallest absolute Gasteiger partial charge is 0.227 e. The van der Waals surface area contributed by atoms with Crippen molar-refractivity contribution in [3.05, 3.63) is 36.3 Å². The zero-order chi connectivity index (χ0) is 23.4. The zero-order valence-corrected chi connectivity index (χ0v) is 20.1. The first-order chi connectivity index (χ1) is 16.0. The number of hydrogen-bond donors (Lipinski definition) is 2. The van der Waals surface area contributed by atoms with Crippen LogP contribution in [0.3, 0.4) is 0 Å². The lowest BCUT2D eigenvalue weighted by molar-refractivity contribution is 0.200. The number of unbranched alkanes of at least 4 members (excludes halogenated alkanes) is 1. The fourth-order valence-corrected chi connectivity index (χ4v) is 4.23. The minimum atomic E-state index is 0.222. The van der Waals surface area contributed by atoms with Gasteiger partial charge >= 0.3 is 0 Å². The molecule has 1 saturated heterocycles. The molecule has 0 unspecified atom stereocenters. The van der Waals surface area contributed by atoms with Crippen LogP contribution in [0.1, 0.15) is 52.0 Å². The molecular formula is C25H35N7O. The standard InChI is InChI=1S/C25H35N7O/c1-5-7-10-31(6-2)25-26-9-8-22(30-25)29-23-11-19-20(17(3)4)12-28-24(21(19)13-27-23)32-14-18(15-32)16-33/h8-9,11-13,17-18,33H,5-7,10,14-16H2,1-4H3,(H,26,27,29,30). The maximum atomic E-state index is 9.39. The molecule has 1 aliphatic rings. The van der Waals surface area contributed by atoms with Crippen LogP contribution in [-0.4, -0.2) is 57.8 Å². The molecule has 4 heterocycles. The molecule has 4 rings (SSSR count). The van der Waals surface area contributed by atoms with Gasteiger partial charge < -0.3 is 20.2 Å². The Kier molecular flexibility index (Phi) is 7.23. The number of rotatable bonds is 10. The Balaban J connectivity index is 1.63. The quantitative estimate of drug-likeness (QED) is 0.472. The van der Waals surface area contributed by atoms with Crippen molar-refractivity contribution in [3.63, 3.8) is 0 Å². The van der Waals surface area contributed by atoms with Crippen LogP contribution in [0.15, 0.2) is 30.7 Å². The number of aliphatic hydroxyl groups excluding tert-OH is 1. The molecule has 0 amide bonds. The highest BCUT2D eigenvalue weighted by molar-refractivity contribution is 5.96. The summed E-state index contributed by atoms with van der Waals surface area (Å²) in [6, 6.07) is 3.97. The van der Waals surface area contributed by atoms with E-state index < -0.39 is 0 Å². The molecule has 176 valence electrons. The SMILES string of the molecule is CCCCN(CC)c1nccc(Nc2cc3c(C(C)C)cnc(N4CC(CO)C4)c3cn2)n1. The third-order valence-corrected chi connectivity index (χ3v) is 6.26. The molecule has 1 fully saturated rings. The molecule has 0 radical (unpaired) electrons. The van der Waals surface area contributed by atoms with Crippen molar-refractivity contribution in [1.82, 2.24) is 19.9 Å². The summed E-state index contributed by atoms with van der Waals surface area (Å²) in [6.07, 6.45) is 7.94. The van der Waals surface area contributed by atoms with Crippen molar-refractivity contribution >= 4 is 34.2 Å². The number of hydrogen-bond acceptors (Lipinski definition) is 8. The number of aliphatic hydroxyl groups is 1. The van der Waals surface area contributed by atoms with Crippen molar-refractivity contribution in [2.45, 2.75) is 46.5 Å². The molecule has 1 aliphatic heterocycles. The first-order valence-electron chi connectivity index (χ1n) is 12.0. The summed E-state index contributed by atoms with van der Waals surface area (Å²) < 4.78 is 0. The summed E-state index contributed by atoms with van der Waals surface area (Å²) in [7, 11) is 0. The fraction of sp³-hybridized carbons (Fsp3) is 0.520. The lowest BCUT2D eigenvalue weighted by atomic mass is 9.97. The van der Waals surface area contributed by atoms with Crippen LogP contribution in [0.2, 0.25) is 0 Å². The lowest BCUT2D eigenvalue weighted by Gasteiger charge is -2.39. The van der Waals surface area contributed by atoms with E-state index in [0.29, 0.717) is 11.8 Å². The Morgan fingerprint density at radius 1 is 1.12 bits per heavy atom. The Labute approximate surface area is 196 Å². The van der Waals surface area contributed by atoms with Crippen LogP contribution < -0.4 is 15.1 Å². The van der Waals surface area contributed by atoms with E-state index in [1.807, 2.05) is 18.5 Å². The van der Waals surface area contributed by atoms with E-state index in [-0.39, 0.29) is 6.61 Å². The average molecular weight is 450 g/mol. The number of fused-ring (bicyclic) bond motifs is 1. The van der Waals surface area contributed by atoms with Crippen molar-refractivity contribution in [1.29, 1.82) is 0 Å². The second kappa shape index (κ2) is 10.3. The van der Waals surface area contributed by atoms with Crippen LogP contribution >= 0.6 is 0 Å². The minimum absolute atomic E-state index is 0.222. The van der Waals surface area contributed by atoms with E-state index in [0.717, 1.165) is 73.2 Å². The van der Waals surface area contributed by atoms with Gasteiger partial charge in [-0.3, -0.25) is 0 Å². The van der Waals surface area contributed by atoms with E-state index in [2.05, 4.69) is 58.8 Å². The van der Waals surface area contributed by atoms with Gasteiger partial charge in [-0.2, -0.15) is 4.98 Å². The van der Waals surface area contributed by atoms with Gasteiger partial charge in [-0.1, -0.05) is 27.2 Å². The Hall–Kier alpha value is -3.00. The molecule has 0 saturated carbocycles. The molecule has 8 nitrogen and oxygen atoms in total. The van der Waals surface area contributed by atoms with Gasteiger partial charge in [0.25, 0.3) is 0 Å². The largest absolute Gasteiger partial charge is 0.396 e. The van der Waals surface area contributed by atoms with Gasteiger partial charge in [-0.15, -0.1) is 0 Å². The lowest BCUT2D eigenvalue weighted by Crippen LogP contribution is -2.48. The molecule has 8 heteroatoms. The third kappa shape index (κ3) is 5.00. The van der Waals surface area contributed by atoms with Gasteiger partial charge in [-0.05, 0) is 42.3 Å². The predicted molar refractivity (Wildman–Crippen MR) is 135 cm³/mol. The van der Waals surface area contributed by atoms with Crippen molar-refractivity contribution < 1.29 is 5.11 Å². The van der Waals surface area contributed by atoms with E-state index >= 15 is 0 Å². The minimum Gasteiger partial charge on any atom is -0.396 e. The predicted octanol–water partition coefficient (Wildman–Crippen LogP) is 4.34. The third-order valence-electron chi connectivity index (χ3n) is 6.26. The molecule has 0 aliphatic carbocycles. The molecule has 3 aromatic heterocycles. The summed E-state index contributed by atoms with van der Waals surface area (Å²) in [6.45, 7) is 12.4. The van der Waals surface area contributed by atoms with Crippen LogP contribution in [0.25, 0.3) is 10.8 Å². The van der Waals surface area contributed by atoms with Gasteiger partial charge in [0.1, 0.15) is 17.5 Å². The van der Waals surface area contributed by atoms with E-state index in [9.17, 15) is 5.11 Å². The van der Waals surface area contributed by atoms with Gasteiger partial charge in [0.05, 0.1) is 0 Å². The molecule has 0 aromatic carbocycles. The monoisotopic (exact) mass is 449 g/mol. The zero-order valence-electron chi connectivity index (χ0n) is 20.1. The highest BCUT2D eigenvalue weighted by Crippen LogP contribution is 2.35. The van der Waals surface area contributed by atoms with E-state index in [1.54, 1.807) is 6.20 Å². The van der Waals surface area contributed by atoms with Gasteiger partial charge in [0, 0.05) is 62.7 Å². The first kappa shape index (κ1) is 23.2. The molecule has 0 spiro atoms. The van der Waals surface area contributed by atoms with E-state index in [1.165, 1.54) is 5.56 Å². The second-order valence-electron chi connectivity index (χ2n) is 9.06. The number of aromatic nitrogens is 4. The second-order valence-corrected chi connectivity index (χ2v) is 9.06. The molecule has 0 bridgehead atoms. The fourth-order valence-electron chi connectivity index (χ4n) is 4.23. The normalized spacial score (nSPS) is 14.1. The highest BCUT2D eigenvalue weighted by Gasteiger charge is 2.28. The number of nitrogens with zero attached hydrogens (tertiary/aromatic N) is 6. The number of anilines is 4. The summed E-state index contributed by atoms with van der Waals surface area (Å²) >= 11 is 0. The van der Waals surface area contributed by atoms with Gasteiger partial charge in [-0.25, -0.2) is 15.0 Å². The molecule has 2 N–H and O–H groups in total. The van der Waals surface area contributed by atoms with Crippen LogP contribution in [-0.2, 0) is 0 Å². The van der Waals surface area contributed by atoms with Gasteiger partial charge in [0.15, 0.2) is 0 Å². The molecule has 33 heavy (non-hydrogen) atoms. The molecule has 3 aromatic rings.